The van der Waals surface area contributed by atoms with Crippen molar-refractivity contribution in [2.45, 2.75) is 13.5 Å². The maximum absolute atomic E-state index is 5.74. The highest BCUT2D eigenvalue weighted by atomic mass is 32.1. The molecule has 0 aliphatic carbocycles. The minimum atomic E-state index is 0.772. The van der Waals surface area contributed by atoms with Gasteiger partial charge in [-0.2, -0.15) is 5.10 Å². The summed E-state index contributed by atoms with van der Waals surface area (Å²) in [6, 6.07) is 16.5. The number of thiophene rings is 1. The van der Waals surface area contributed by atoms with E-state index in [9.17, 15) is 0 Å². The molecule has 4 heteroatoms. The van der Waals surface area contributed by atoms with Gasteiger partial charge >= 0.3 is 0 Å². The molecule has 0 aliphatic rings. The predicted octanol–water partition coefficient (Wildman–Crippen LogP) is 4.71. The smallest absolute Gasteiger partial charge is 0.156 e. The third kappa shape index (κ3) is 2.17. The molecular formula is C17H14N2OS. The zero-order chi connectivity index (χ0) is 14.2. The van der Waals surface area contributed by atoms with Gasteiger partial charge in [-0.1, -0.05) is 30.3 Å². The maximum Gasteiger partial charge on any atom is 0.156 e. The van der Waals surface area contributed by atoms with E-state index < -0.39 is 0 Å². The average Bonchev–Trinajstić information content (AvgIpc) is 3.18. The van der Waals surface area contributed by atoms with Crippen molar-refractivity contribution in [2.75, 3.05) is 0 Å². The Balaban J connectivity index is 1.82. The molecule has 3 nitrogen and oxygen atoms in total. The molecule has 0 unspecified atom stereocenters. The predicted molar refractivity (Wildman–Crippen MR) is 85.6 cm³/mol. The lowest BCUT2D eigenvalue weighted by Gasteiger charge is -2.02. The first-order valence-electron chi connectivity index (χ1n) is 6.86. The van der Waals surface area contributed by atoms with Gasteiger partial charge in [0.2, 0.25) is 0 Å². The van der Waals surface area contributed by atoms with Gasteiger partial charge in [0.15, 0.2) is 5.76 Å². The highest BCUT2D eigenvalue weighted by Gasteiger charge is 2.16. The van der Waals surface area contributed by atoms with Crippen LogP contribution in [-0.2, 0) is 6.54 Å². The molecule has 0 spiro atoms. The molecule has 3 heterocycles. The van der Waals surface area contributed by atoms with Crippen molar-refractivity contribution in [1.82, 2.24) is 9.78 Å². The number of aromatic nitrogens is 2. The van der Waals surface area contributed by atoms with Crippen molar-refractivity contribution in [2.24, 2.45) is 0 Å². The lowest BCUT2D eigenvalue weighted by atomic mass is 10.2. The van der Waals surface area contributed by atoms with Crippen LogP contribution in [0.25, 0.3) is 21.7 Å². The molecule has 104 valence electrons. The number of hydrogen-bond donors (Lipinski definition) is 0. The lowest BCUT2D eigenvalue weighted by Crippen LogP contribution is -2.01. The van der Waals surface area contributed by atoms with Crippen molar-refractivity contribution >= 4 is 21.6 Å². The van der Waals surface area contributed by atoms with Gasteiger partial charge in [-0.3, -0.25) is 4.68 Å². The van der Waals surface area contributed by atoms with E-state index in [1.165, 1.54) is 10.3 Å². The summed E-state index contributed by atoms with van der Waals surface area (Å²) in [5.41, 5.74) is 3.34. The fraction of sp³-hybridized carbons (Fsp3) is 0.118. The van der Waals surface area contributed by atoms with E-state index in [0.717, 1.165) is 29.3 Å². The molecule has 0 atom stereocenters. The van der Waals surface area contributed by atoms with Crippen LogP contribution in [0, 0.1) is 6.92 Å². The molecule has 0 bridgehead atoms. The Labute approximate surface area is 126 Å². The Morgan fingerprint density at radius 1 is 1.10 bits per heavy atom. The number of fused-ring (bicyclic) bond motifs is 1. The molecule has 4 aromatic rings. The molecule has 0 saturated heterocycles. The van der Waals surface area contributed by atoms with Crippen molar-refractivity contribution in [1.29, 1.82) is 0 Å². The summed E-state index contributed by atoms with van der Waals surface area (Å²) in [4.78, 5) is 0. The summed E-state index contributed by atoms with van der Waals surface area (Å²) in [7, 11) is 0. The molecule has 4 rings (SSSR count). The summed E-state index contributed by atoms with van der Waals surface area (Å²) in [5.74, 6) is 1.75. The monoisotopic (exact) mass is 294 g/mol. The van der Waals surface area contributed by atoms with Crippen molar-refractivity contribution in [3.63, 3.8) is 0 Å². The minimum absolute atomic E-state index is 0.772. The van der Waals surface area contributed by atoms with Crippen LogP contribution in [0.15, 0.2) is 58.3 Å². The number of rotatable bonds is 3. The topological polar surface area (TPSA) is 31.0 Å². The SMILES string of the molecule is Cc1ccc(-c2nn(Cc3ccccc3)c3ccsc23)o1. The number of hydrogen-bond acceptors (Lipinski definition) is 3. The van der Waals surface area contributed by atoms with Gasteiger partial charge in [-0.25, -0.2) is 0 Å². The first-order chi connectivity index (χ1) is 10.3. The Bertz CT molecular complexity index is 886. The molecule has 0 fully saturated rings. The van der Waals surface area contributed by atoms with Crippen LogP contribution in [0.5, 0.6) is 0 Å². The van der Waals surface area contributed by atoms with Crippen LogP contribution < -0.4 is 0 Å². The first-order valence-corrected chi connectivity index (χ1v) is 7.74. The first kappa shape index (κ1) is 12.4. The fourth-order valence-corrected chi connectivity index (χ4v) is 3.38. The molecular weight excluding hydrogens is 280 g/mol. The molecule has 0 saturated carbocycles. The summed E-state index contributed by atoms with van der Waals surface area (Å²) in [6.07, 6.45) is 0. The second-order valence-electron chi connectivity index (χ2n) is 5.04. The third-order valence-electron chi connectivity index (χ3n) is 3.51. The molecule has 21 heavy (non-hydrogen) atoms. The van der Waals surface area contributed by atoms with E-state index in [2.05, 4.69) is 35.7 Å². The van der Waals surface area contributed by atoms with Crippen molar-refractivity contribution in [3.8, 4) is 11.5 Å². The van der Waals surface area contributed by atoms with Gasteiger partial charge in [0, 0.05) is 0 Å². The number of benzene rings is 1. The molecule has 0 aliphatic heterocycles. The van der Waals surface area contributed by atoms with Crippen LogP contribution in [0.1, 0.15) is 11.3 Å². The van der Waals surface area contributed by atoms with Gasteiger partial charge < -0.3 is 4.42 Å². The fourth-order valence-electron chi connectivity index (χ4n) is 2.50. The third-order valence-corrected chi connectivity index (χ3v) is 4.42. The zero-order valence-corrected chi connectivity index (χ0v) is 12.4. The highest BCUT2D eigenvalue weighted by molar-refractivity contribution is 7.17. The van der Waals surface area contributed by atoms with Crippen molar-refractivity contribution < 1.29 is 4.42 Å². The Morgan fingerprint density at radius 3 is 2.71 bits per heavy atom. The Kier molecular flexibility index (Phi) is 2.89. The van der Waals surface area contributed by atoms with Gasteiger partial charge in [0.1, 0.15) is 11.5 Å². The van der Waals surface area contributed by atoms with Crippen LogP contribution in [0.2, 0.25) is 0 Å². The van der Waals surface area contributed by atoms with Gasteiger partial charge in [-0.05, 0) is 36.1 Å². The van der Waals surface area contributed by atoms with Gasteiger partial charge in [-0.15, -0.1) is 11.3 Å². The molecule has 0 N–H and O–H groups in total. The normalized spacial score (nSPS) is 11.3. The standard InChI is InChI=1S/C17H14N2OS/c1-12-7-8-15(20-12)16-17-14(9-10-21-17)19(18-16)11-13-5-3-2-4-6-13/h2-10H,11H2,1H3. The Morgan fingerprint density at radius 2 is 1.95 bits per heavy atom. The maximum atomic E-state index is 5.74. The van der Waals surface area contributed by atoms with E-state index >= 15 is 0 Å². The molecule has 1 aromatic carbocycles. The van der Waals surface area contributed by atoms with Crippen LogP contribution in [0.4, 0.5) is 0 Å². The average molecular weight is 294 g/mol. The van der Waals surface area contributed by atoms with Gasteiger partial charge in [0.05, 0.1) is 16.8 Å². The van der Waals surface area contributed by atoms with Crippen LogP contribution in [-0.4, -0.2) is 9.78 Å². The molecule has 0 amide bonds. The zero-order valence-electron chi connectivity index (χ0n) is 11.6. The van der Waals surface area contributed by atoms with E-state index in [1.54, 1.807) is 11.3 Å². The summed E-state index contributed by atoms with van der Waals surface area (Å²) in [5, 5.41) is 6.87. The second kappa shape index (κ2) is 4.90. The number of aryl methyl sites for hydroxylation is 1. The molecule has 3 aromatic heterocycles. The van der Waals surface area contributed by atoms with Crippen molar-refractivity contribution in [3.05, 3.63) is 65.2 Å². The van der Waals surface area contributed by atoms with E-state index in [-0.39, 0.29) is 0 Å². The minimum Gasteiger partial charge on any atom is -0.460 e. The Hall–Kier alpha value is -2.33. The lowest BCUT2D eigenvalue weighted by molar-refractivity contribution is 0.545. The second-order valence-corrected chi connectivity index (χ2v) is 5.95. The van der Waals surface area contributed by atoms with E-state index in [0.29, 0.717) is 0 Å². The molecule has 0 radical (unpaired) electrons. The quantitative estimate of drug-likeness (QED) is 0.547. The summed E-state index contributed by atoms with van der Waals surface area (Å²) >= 11 is 1.71. The highest BCUT2D eigenvalue weighted by Crippen LogP contribution is 2.33. The van der Waals surface area contributed by atoms with E-state index in [4.69, 9.17) is 9.52 Å². The van der Waals surface area contributed by atoms with Crippen LogP contribution in [0.3, 0.4) is 0 Å². The number of furan rings is 1. The van der Waals surface area contributed by atoms with E-state index in [1.807, 2.05) is 29.8 Å². The number of nitrogens with zero attached hydrogens (tertiary/aromatic N) is 2. The summed E-state index contributed by atoms with van der Waals surface area (Å²) in [6.45, 7) is 2.73. The van der Waals surface area contributed by atoms with Gasteiger partial charge in [0.25, 0.3) is 0 Å². The largest absolute Gasteiger partial charge is 0.460 e. The van der Waals surface area contributed by atoms with Crippen LogP contribution >= 0.6 is 11.3 Å². The summed E-state index contributed by atoms with van der Waals surface area (Å²) < 4.78 is 8.97.